The molecule has 0 atom stereocenters. The quantitative estimate of drug-likeness (QED) is 0.617. The third-order valence-corrected chi connectivity index (χ3v) is 2.02. The van der Waals surface area contributed by atoms with Crippen molar-refractivity contribution in [3.05, 3.63) is 0 Å². The SMILES string of the molecule is CC(=O)CN(C)C(=NC(=O)OC(C)(C)C)NC(=O)OC(C)(C)C. The smallest absolute Gasteiger partial charge is 0.437 e. The predicted octanol–water partition coefficient (Wildman–Crippen LogP) is 2.32. The van der Waals surface area contributed by atoms with Gasteiger partial charge >= 0.3 is 12.2 Å². The zero-order valence-electron chi connectivity index (χ0n) is 15.1. The van der Waals surface area contributed by atoms with E-state index < -0.39 is 23.4 Å². The second kappa shape index (κ2) is 7.94. The molecule has 132 valence electrons. The van der Waals surface area contributed by atoms with Crippen LogP contribution in [-0.2, 0) is 14.3 Å². The summed E-state index contributed by atoms with van der Waals surface area (Å²) in [6.07, 6.45) is -1.66. The van der Waals surface area contributed by atoms with Crippen molar-refractivity contribution >= 4 is 23.9 Å². The van der Waals surface area contributed by atoms with Crippen LogP contribution < -0.4 is 5.32 Å². The Bertz CT molecular complexity index is 486. The Morgan fingerprint density at radius 2 is 1.48 bits per heavy atom. The molecule has 0 fully saturated rings. The lowest BCUT2D eigenvalue weighted by atomic mass is 10.2. The Morgan fingerprint density at radius 3 is 1.87 bits per heavy atom. The predicted molar refractivity (Wildman–Crippen MR) is 86.3 cm³/mol. The van der Waals surface area contributed by atoms with E-state index in [2.05, 4.69) is 10.3 Å². The van der Waals surface area contributed by atoms with Crippen LogP contribution in [0.25, 0.3) is 0 Å². The highest BCUT2D eigenvalue weighted by Gasteiger charge is 2.22. The number of carbonyl (C=O) groups is 3. The molecule has 1 N–H and O–H groups in total. The van der Waals surface area contributed by atoms with Crippen LogP contribution in [0, 0.1) is 0 Å². The second-order valence-corrected chi connectivity index (χ2v) is 7.10. The average Bonchev–Trinajstić information content (AvgIpc) is 2.21. The minimum absolute atomic E-state index is 0.0303. The van der Waals surface area contributed by atoms with Crippen LogP contribution in [0.2, 0.25) is 0 Å². The summed E-state index contributed by atoms with van der Waals surface area (Å²) in [6, 6.07) is 0. The normalized spacial score (nSPS) is 12.4. The first-order valence-corrected chi connectivity index (χ1v) is 7.22. The van der Waals surface area contributed by atoms with Crippen molar-refractivity contribution < 1.29 is 23.9 Å². The Kier molecular flexibility index (Phi) is 7.21. The van der Waals surface area contributed by atoms with Crippen LogP contribution in [0.4, 0.5) is 9.59 Å². The molecule has 0 bridgehead atoms. The summed E-state index contributed by atoms with van der Waals surface area (Å²) in [5, 5.41) is 2.36. The standard InChI is InChI=1S/C15H27N3O5/c1-10(19)9-18(8)11(16-12(20)22-14(2,3)4)17-13(21)23-15(5,6)7/h9H2,1-8H3,(H,16,17,20,21). The average molecular weight is 329 g/mol. The van der Waals surface area contributed by atoms with Gasteiger partial charge in [0.15, 0.2) is 0 Å². The molecule has 0 aliphatic heterocycles. The largest absolute Gasteiger partial charge is 0.444 e. The lowest BCUT2D eigenvalue weighted by Crippen LogP contribution is -2.46. The maximum Gasteiger partial charge on any atom is 0.437 e. The van der Waals surface area contributed by atoms with Crippen molar-refractivity contribution in [2.24, 2.45) is 4.99 Å². The van der Waals surface area contributed by atoms with E-state index >= 15 is 0 Å². The molecule has 0 aromatic rings. The number of rotatable bonds is 2. The summed E-state index contributed by atoms with van der Waals surface area (Å²) in [4.78, 5) is 39.9. The lowest BCUT2D eigenvalue weighted by molar-refractivity contribution is -0.117. The van der Waals surface area contributed by atoms with Gasteiger partial charge in [-0.15, -0.1) is 4.99 Å². The number of aliphatic imine (C=N–C) groups is 1. The molecule has 0 aliphatic carbocycles. The zero-order valence-corrected chi connectivity index (χ0v) is 15.1. The van der Waals surface area contributed by atoms with Crippen LogP contribution in [0.1, 0.15) is 48.5 Å². The van der Waals surface area contributed by atoms with Crippen molar-refractivity contribution in [1.29, 1.82) is 0 Å². The molecule has 0 aromatic carbocycles. The van der Waals surface area contributed by atoms with Crippen molar-refractivity contribution in [1.82, 2.24) is 10.2 Å². The van der Waals surface area contributed by atoms with E-state index in [0.29, 0.717) is 0 Å². The van der Waals surface area contributed by atoms with E-state index in [1.165, 1.54) is 18.9 Å². The molecule has 8 heteroatoms. The molecule has 0 radical (unpaired) electrons. The Morgan fingerprint density at radius 1 is 1.00 bits per heavy atom. The minimum Gasteiger partial charge on any atom is -0.444 e. The monoisotopic (exact) mass is 329 g/mol. The van der Waals surface area contributed by atoms with Gasteiger partial charge in [-0.3, -0.25) is 10.1 Å². The van der Waals surface area contributed by atoms with E-state index in [9.17, 15) is 14.4 Å². The number of alkyl carbamates (subject to hydrolysis) is 1. The van der Waals surface area contributed by atoms with Crippen LogP contribution in [-0.4, -0.2) is 53.6 Å². The summed E-state index contributed by atoms with van der Waals surface area (Å²) in [5.74, 6) is -0.279. The first kappa shape index (κ1) is 20.9. The number of amides is 2. The van der Waals surface area contributed by atoms with Crippen LogP contribution in [0.3, 0.4) is 0 Å². The number of guanidine groups is 1. The van der Waals surface area contributed by atoms with Crippen molar-refractivity contribution in [2.75, 3.05) is 13.6 Å². The fourth-order valence-corrected chi connectivity index (χ4v) is 1.38. The van der Waals surface area contributed by atoms with Gasteiger partial charge in [-0.1, -0.05) is 0 Å². The van der Waals surface area contributed by atoms with E-state index in [-0.39, 0.29) is 18.3 Å². The molecule has 0 saturated heterocycles. The molecule has 0 spiro atoms. The Labute approximate surface area is 137 Å². The fraction of sp³-hybridized carbons (Fsp3) is 0.733. The van der Waals surface area contributed by atoms with Gasteiger partial charge in [0.1, 0.15) is 17.0 Å². The molecule has 0 saturated carbocycles. The van der Waals surface area contributed by atoms with E-state index in [1.807, 2.05) is 0 Å². The highest BCUT2D eigenvalue weighted by atomic mass is 16.6. The molecule has 0 aliphatic rings. The molecular weight excluding hydrogens is 302 g/mol. The number of Topliss-reactive ketones (excluding diaryl/α,β-unsaturated/α-hetero) is 1. The summed E-state index contributed by atoms with van der Waals surface area (Å²) in [6.45, 7) is 11.6. The molecule has 0 heterocycles. The number of ketones is 1. The molecular formula is C15H27N3O5. The van der Waals surface area contributed by atoms with Gasteiger partial charge in [0.2, 0.25) is 5.96 Å². The molecule has 2 amide bonds. The van der Waals surface area contributed by atoms with Crippen molar-refractivity contribution in [3.8, 4) is 0 Å². The highest BCUT2D eigenvalue weighted by molar-refractivity contribution is 6.00. The first-order chi connectivity index (χ1) is 10.2. The number of likely N-dealkylation sites (N-methyl/N-ethyl adjacent to an activating group) is 1. The lowest BCUT2D eigenvalue weighted by Gasteiger charge is -2.24. The van der Waals surface area contributed by atoms with Crippen molar-refractivity contribution in [2.45, 2.75) is 59.7 Å². The van der Waals surface area contributed by atoms with Gasteiger partial charge in [0.05, 0.1) is 6.54 Å². The van der Waals surface area contributed by atoms with Gasteiger partial charge < -0.3 is 14.4 Å². The highest BCUT2D eigenvalue weighted by Crippen LogP contribution is 2.09. The Balaban J connectivity index is 5.19. The number of nitrogens with one attached hydrogen (secondary N) is 1. The van der Waals surface area contributed by atoms with E-state index in [0.717, 1.165) is 0 Å². The maximum atomic E-state index is 11.8. The molecule has 0 aromatic heterocycles. The summed E-state index contributed by atoms with van der Waals surface area (Å²) in [5.41, 5.74) is -1.43. The number of hydrogen-bond donors (Lipinski definition) is 1. The topological polar surface area (TPSA) is 97.3 Å². The number of hydrogen-bond acceptors (Lipinski definition) is 5. The van der Waals surface area contributed by atoms with E-state index in [4.69, 9.17) is 9.47 Å². The van der Waals surface area contributed by atoms with Gasteiger partial charge in [0.25, 0.3) is 0 Å². The van der Waals surface area contributed by atoms with Crippen LogP contribution in [0.15, 0.2) is 4.99 Å². The zero-order chi connectivity index (χ0) is 18.4. The number of ether oxygens (including phenoxy) is 2. The van der Waals surface area contributed by atoms with Gasteiger partial charge in [-0.05, 0) is 48.5 Å². The van der Waals surface area contributed by atoms with E-state index in [1.54, 1.807) is 41.5 Å². The van der Waals surface area contributed by atoms with Gasteiger partial charge in [-0.25, -0.2) is 9.59 Å². The first-order valence-electron chi connectivity index (χ1n) is 7.22. The van der Waals surface area contributed by atoms with Gasteiger partial charge in [-0.2, -0.15) is 0 Å². The maximum absolute atomic E-state index is 11.8. The summed E-state index contributed by atoms with van der Waals surface area (Å²) < 4.78 is 10.2. The third-order valence-electron chi connectivity index (χ3n) is 2.02. The summed E-state index contributed by atoms with van der Waals surface area (Å²) >= 11 is 0. The van der Waals surface area contributed by atoms with Gasteiger partial charge in [0, 0.05) is 7.05 Å². The van der Waals surface area contributed by atoms with Crippen LogP contribution >= 0.6 is 0 Å². The van der Waals surface area contributed by atoms with Crippen molar-refractivity contribution in [3.63, 3.8) is 0 Å². The summed E-state index contributed by atoms with van der Waals surface area (Å²) in [7, 11) is 1.52. The molecule has 8 nitrogen and oxygen atoms in total. The Hall–Kier alpha value is -2.12. The third kappa shape index (κ3) is 11.1. The van der Waals surface area contributed by atoms with Crippen LogP contribution in [0.5, 0.6) is 0 Å². The fourth-order valence-electron chi connectivity index (χ4n) is 1.38. The minimum atomic E-state index is -0.876. The molecule has 0 unspecified atom stereocenters. The molecule has 23 heavy (non-hydrogen) atoms. The molecule has 0 rings (SSSR count). The second-order valence-electron chi connectivity index (χ2n) is 7.10. The number of nitrogens with zero attached hydrogens (tertiary/aromatic N) is 2. The number of carbonyl (C=O) groups excluding carboxylic acids is 3.